The predicted molar refractivity (Wildman–Crippen MR) is 45.1 cm³/mol. The number of hydrogen-bond acceptors (Lipinski definition) is 2. The van der Waals surface area contributed by atoms with Gasteiger partial charge in [-0.2, -0.15) is 5.26 Å². The molecule has 0 aromatic rings. The van der Waals surface area contributed by atoms with E-state index in [1.165, 1.54) is 25.9 Å². The monoisotopic (exact) mass is 152 g/mol. The molecule has 1 aliphatic rings. The summed E-state index contributed by atoms with van der Waals surface area (Å²) in [7, 11) is 2.17. The Bertz CT molecular complexity index is 140. The molecule has 0 aromatic heterocycles. The first-order valence-electron chi connectivity index (χ1n) is 4.38. The van der Waals surface area contributed by atoms with Gasteiger partial charge in [0.25, 0.3) is 0 Å². The summed E-state index contributed by atoms with van der Waals surface area (Å²) in [4.78, 5) is 2.36. The number of hydrogen-bond donors (Lipinski definition) is 0. The Morgan fingerprint density at radius 2 is 2.09 bits per heavy atom. The standard InChI is InChI=1S/C9H16N2/c1-11-7-4-9(5-8-11)3-2-6-10/h9H,2-5,7-8H2,1H3. The first-order valence-corrected chi connectivity index (χ1v) is 4.38. The lowest BCUT2D eigenvalue weighted by Gasteiger charge is -2.28. The number of piperidine rings is 1. The second kappa shape index (κ2) is 4.35. The number of likely N-dealkylation sites (tertiary alicyclic amines) is 1. The van der Waals surface area contributed by atoms with Gasteiger partial charge in [-0.15, -0.1) is 0 Å². The Morgan fingerprint density at radius 1 is 1.45 bits per heavy atom. The lowest BCUT2D eigenvalue weighted by atomic mass is 9.93. The van der Waals surface area contributed by atoms with Crippen LogP contribution in [0.15, 0.2) is 0 Å². The molecule has 0 radical (unpaired) electrons. The smallest absolute Gasteiger partial charge is 0.0621 e. The van der Waals surface area contributed by atoms with Gasteiger partial charge in [-0.3, -0.25) is 0 Å². The fraction of sp³-hybridized carbons (Fsp3) is 0.889. The largest absolute Gasteiger partial charge is 0.306 e. The molecule has 2 nitrogen and oxygen atoms in total. The average Bonchev–Trinajstić information content (AvgIpc) is 2.04. The van der Waals surface area contributed by atoms with Crippen molar-refractivity contribution in [1.82, 2.24) is 4.90 Å². The molecule has 1 fully saturated rings. The van der Waals surface area contributed by atoms with Crippen molar-refractivity contribution < 1.29 is 0 Å². The average molecular weight is 152 g/mol. The molecule has 2 heteroatoms. The zero-order valence-electron chi connectivity index (χ0n) is 7.21. The summed E-state index contributed by atoms with van der Waals surface area (Å²) in [6.07, 6.45) is 4.44. The third-order valence-corrected chi connectivity index (χ3v) is 2.50. The Hall–Kier alpha value is -0.550. The maximum Gasteiger partial charge on any atom is 0.0621 e. The lowest BCUT2D eigenvalue weighted by molar-refractivity contribution is 0.213. The van der Waals surface area contributed by atoms with Crippen LogP contribution in [-0.2, 0) is 0 Å². The summed E-state index contributed by atoms with van der Waals surface area (Å²) in [5.74, 6) is 0.825. The molecule has 1 rings (SSSR count). The molecule has 1 heterocycles. The van der Waals surface area contributed by atoms with Gasteiger partial charge in [-0.1, -0.05) is 0 Å². The van der Waals surface area contributed by atoms with Crippen molar-refractivity contribution in [3.05, 3.63) is 0 Å². The van der Waals surface area contributed by atoms with Crippen LogP contribution in [0.5, 0.6) is 0 Å². The highest BCUT2D eigenvalue weighted by Gasteiger charge is 2.15. The number of nitrogens with zero attached hydrogens (tertiary/aromatic N) is 2. The van der Waals surface area contributed by atoms with E-state index in [4.69, 9.17) is 5.26 Å². The van der Waals surface area contributed by atoms with E-state index in [-0.39, 0.29) is 0 Å². The van der Waals surface area contributed by atoms with Gasteiger partial charge >= 0.3 is 0 Å². The minimum atomic E-state index is 0.744. The minimum Gasteiger partial charge on any atom is -0.306 e. The van der Waals surface area contributed by atoms with Crippen LogP contribution in [0.25, 0.3) is 0 Å². The summed E-state index contributed by atoms with van der Waals surface area (Å²) in [5, 5.41) is 8.39. The maximum absolute atomic E-state index is 8.39. The second-order valence-corrected chi connectivity index (χ2v) is 3.44. The lowest BCUT2D eigenvalue weighted by Crippen LogP contribution is -2.30. The highest BCUT2D eigenvalue weighted by Crippen LogP contribution is 2.20. The fourth-order valence-electron chi connectivity index (χ4n) is 1.62. The van der Waals surface area contributed by atoms with E-state index < -0.39 is 0 Å². The van der Waals surface area contributed by atoms with E-state index in [0.717, 1.165) is 18.8 Å². The van der Waals surface area contributed by atoms with Crippen LogP contribution >= 0.6 is 0 Å². The van der Waals surface area contributed by atoms with Gasteiger partial charge in [0.15, 0.2) is 0 Å². The van der Waals surface area contributed by atoms with Gasteiger partial charge in [0.05, 0.1) is 6.07 Å². The summed E-state index contributed by atoms with van der Waals surface area (Å²) in [5.41, 5.74) is 0. The highest BCUT2D eigenvalue weighted by atomic mass is 15.1. The van der Waals surface area contributed by atoms with Crippen molar-refractivity contribution in [2.75, 3.05) is 20.1 Å². The van der Waals surface area contributed by atoms with E-state index in [2.05, 4.69) is 18.0 Å². The topological polar surface area (TPSA) is 27.0 Å². The molecule has 1 aliphatic heterocycles. The van der Waals surface area contributed by atoms with Crippen molar-refractivity contribution in [1.29, 1.82) is 5.26 Å². The molecule has 62 valence electrons. The van der Waals surface area contributed by atoms with Gasteiger partial charge in [0, 0.05) is 6.42 Å². The Kier molecular flexibility index (Phi) is 3.38. The predicted octanol–water partition coefficient (Wildman–Crippen LogP) is 1.63. The quantitative estimate of drug-likeness (QED) is 0.601. The number of nitriles is 1. The molecule has 0 bridgehead atoms. The van der Waals surface area contributed by atoms with Crippen molar-refractivity contribution in [3.8, 4) is 6.07 Å². The van der Waals surface area contributed by atoms with E-state index in [9.17, 15) is 0 Å². The maximum atomic E-state index is 8.39. The van der Waals surface area contributed by atoms with E-state index in [0.29, 0.717) is 0 Å². The van der Waals surface area contributed by atoms with Crippen LogP contribution in [0.1, 0.15) is 25.7 Å². The van der Waals surface area contributed by atoms with E-state index in [1.807, 2.05) is 0 Å². The summed E-state index contributed by atoms with van der Waals surface area (Å²) in [6, 6.07) is 2.21. The molecule has 0 aliphatic carbocycles. The van der Waals surface area contributed by atoms with Crippen LogP contribution in [0.2, 0.25) is 0 Å². The Labute approximate surface area is 68.8 Å². The summed E-state index contributed by atoms with van der Waals surface area (Å²) in [6.45, 7) is 2.44. The third-order valence-electron chi connectivity index (χ3n) is 2.50. The minimum absolute atomic E-state index is 0.744. The molecule has 0 spiro atoms. The van der Waals surface area contributed by atoms with Crippen LogP contribution in [-0.4, -0.2) is 25.0 Å². The third kappa shape index (κ3) is 2.90. The molecule has 11 heavy (non-hydrogen) atoms. The van der Waals surface area contributed by atoms with E-state index >= 15 is 0 Å². The zero-order chi connectivity index (χ0) is 8.10. The molecule has 0 N–H and O–H groups in total. The molecule has 0 saturated carbocycles. The van der Waals surface area contributed by atoms with E-state index in [1.54, 1.807) is 0 Å². The Morgan fingerprint density at radius 3 is 2.64 bits per heavy atom. The van der Waals surface area contributed by atoms with Gasteiger partial charge in [0.1, 0.15) is 0 Å². The molecule has 0 amide bonds. The number of rotatable bonds is 2. The van der Waals surface area contributed by atoms with Crippen LogP contribution in [0, 0.1) is 17.2 Å². The summed E-state index contributed by atoms with van der Waals surface area (Å²) < 4.78 is 0. The first kappa shape index (κ1) is 8.55. The molecule has 0 unspecified atom stereocenters. The molecule has 0 atom stereocenters. The van der Waals surface area contributed by atoms with Gasteiger partial charge in [0.2, 0.25) is 0 Å². The molecule has 0 aromatic carbocycles. The van der Waals surface area contributed by atoms with Crippen molar-refractivity contribution >= 4 is 0 Å². The van der Waals surface area contributed by atoms with Gasteiger partial charge in [-0.05, 0) is 45.3 Å². The second-order valence-electron chi connectivity index (χ2n) is 3.44. The van der Waals surface area contributed by atoms with Gasteiger partial charge in [-0.25, -0.2) is 0 Å². The zero-order valence-corrected chi connectivity index (χ0v) is 7.21. The molecular formula is C9H16N2. The first-order chi connectivity index (χ1) is 5.33. The summed E-state index contributed by atoms with van der Waals surface area (Å²) >= 11 is 0. The normalized spacial score (nSPS) is 21.5. The molecular weight excluding hydrogens is 136 g/mol. The van der Waals surface area contributed by atoms with Crippen molar-refractivity contribution in [2.24, 2.45) is 5.92 Å². The molecule has 1 saturated heterocycles. The highest BCUT2D eigenvalue weighted by molar-refractivity contribution is 4.75. The van der Waals surface area contributed by atoms with Crippen molar-refractivity contribution in [3.63, 3.8) is 0 Å². The Balaban J connectivity index is 2.13. The van der Waals surface area contributed by atoms with Gasteiger partial charge < -0.3 is 4.90 Å². The SMILES string of the molecule is CN1CCC(CCC#N)CC1. The van der Waals surface area contributed by atoms with Crippen LogP contribution < -0.4 is 0 Å². The fourth-order valence-corrected chi connectivity index (χ4v) is 1.62. The van der Waals surface area contributed by atoms with Crippen LogP contribution in [0.3, 0.4) is 0 Å². The van der Waals surface area contributed by atoms with Crippen molar-refractivity contribution in [2.45, 2.75) is 25.7 Å². The van der Waals surface area contributed by atoms with Crippen LogP contribution in [0.4, 0.5) is 0 Å².